The van der Waals surface area contributed by atoms with Gasteiger partial charge in [-0.1, -0.05) is 13.8 Å². The van der Waals surface area contributed by atoms with Crippen LogP contribution in [-0.2, 0) is 9.22 Å². The first-order valence-electron chi connectivity index (χ1n) is 4.33. The predicted octanol–water partition coefficient (Wildman–Crippen LogP) is 0.568. The van der Waals surface area contributed by atoms with Gasteiger partial charge in [0, 0.05) is 0 Å². The molecule has 0 amide bonds. The van der Waals surface area contributed by atoms with Crippen LogP contribution in [0, 0.1) is 0 Å². The van der Waals surface area contributed by atoms with Gasteiger partial charge >= 0.3 is 0 Å². The fraction of sp³-hybridized carbons (Fsp3) is 0.875. The molecule has 0 aliphatic heterocycles. The van der Waals surface area contributed by atoms with Crippen LogP contribution in [-0.4, -0.2) is 28.7 Å². The Morgan fingerprint density at radius 1 is 1.50 bits per heavy atom. The topological polar surface area (TPSA) is 38.7 Å². The first-order chi connectivity index (χ1) is 5.74. The molecule has 0 saturated heterocycles. The normalized spacial score (nSPS) is 11.2. The van der Waals surface area contributed by atoms with Crippen LogP contribution in [0.15, 0.2) is 4.99 Å². The number of isocyanates is 1. The molecule has 0 radical (unpaired) electrons. The molecule has 4 heteroatoms. The maximum Gasteiger partial charge on any atom is 0.234 e. The Kier molecular flexibility index (Phi) is 5.89. The molecule has 0 heterocycles. The van der Waals surface area contributed by atoms with Gasteiger partial charge in [-0.15, -0.1) is 0 Å². The highest BCUT2D eigenvalue weighted by atomic mass is 28.2. The average Bonchev–Trinajstić information content (AvgIpc) is 2.14. The zero-order valence-electron chi connectivity index (χ0n) is 8.09. The minimum absolute atomic E-state index is 0.0351. The third-order valence-corrected chi connectivity index (χ3v) is 3.33. The summed E-state index contributed by atoms with van der Waals surface area (Å²) in [5.41, 5.74) is -0.0351. The summed E-state index contributed by atoms with van der Waals surface area (Å²) in [6.45, 7) is 4.74. The minimum Gasteiger partial charge on any atom is -0.422 e. The van der Waals surface area contributed by atoms with Crippen molar-refractivity contribution in [2.45, 2.75) is 38.7 Å². The van der Waals surface area contributed by atoms with Crippen molar-refractivity contribution in [1.82, 2.24) is 0 Å². The van der Waals surface area contributed by atoms with E-state index >= 15 is 0 Å². The summed E-state index contributed by atoms with van der Waals surface area (Å²) in [6.07, 6.45) is 4.35. The molecule has 0 unspecified atom stereocenters. The van der Waals surface area contributed by atoms with Gasteiger partial charge in [0.2, 0.25) is 6.08 Å². The summed E-state index contributed by atoms with van der Waals surface area (Å²) in [5.74, 6) is 0. The lowest BCUT2D eigenvalue weighted by molar-refractivity contribution is 0.0642. The van der Waals surface area contributed by atoms with Crippen molar-refractivity contribution in [3.63, 3.8) is 0 Å². The summed E-state index contributed by atoms with van der Waals surface area (Å²) in [5, 5.41) is 0. The van der Waals surface area contributed by atoms with Gasteiger partial charge in [-0.3, -0.25) is 0 Å². The summed E-state index contributed by atoms with van der Waals surface area (Å²) >= 11 is 0. The quantitative estimate of drug-likeness (QED) is 0.346. The van der Waals surface area contributed by atoms with Crippen LogP contribution in [0.3, 0.4) is 0 Å². The van der Waals surface area contributed by atoms with E-state index in [1.54, 1.807) is 6.08 Å². The van der Waals surface area contributed by atoms with Gasteiger partial charge in [-0.2, -0.15) is 0 Å². The van der Waals surface area contributed by atoms with Crippen molar-refractivity contribution in [3.05, 3.63) is 0 Å². The van der Waals surface area contributed by atoms with Crippen molar-refractivity contribution in [2.75, 3.05) is 6.54 Å². The number of aliphatic imine (C=N–C) groups is 1. The molecule has 0 aromatic heterocycles. The molecule has 0 N–H and O–H groups in total. The number of rotatable bonds is 6. The van der Waals surface area contributed by atoms with Gasteiger partial charge in [-0.05, 0) is 19.3 Å². The Labute approximate surface area is 76.8 Å². The molecular formula is C8H17NO2Si. The molecule has 0 saturated carbocycles. The van der Waals surface area contributed by atoms with Gasteiger partial charge in [0.15, 0.2) is 0 Å². The lowest BCUT2D eigenvalue weighted by atomic mass is 9.94. The molecule has 0 rings (SSSR count). The van der Waals surface area contributed by atoms with Crippen molar-refractivity contribution >= 4 is 16.6 Å². The molecular weight excluding hydrogens is 170 g/mol. The Morgan fingerprint density at radius 3 is 2.42 bits per heavy atom. The standard InChI is InChI=1S/C8H17NO2Si/c1-3-8(4-2,11-12)5-6-9-7-10/h3-6H2,1-2,12H3. The van der Waals surface area contributed by atoms with Crippen molar-refractivity contribution in [1.29, 1.82) is 0 Å². The zero-order chi connectivity index (χ0) is 9.45. The Morgan fingerprint density at radius 2 is 2.08 bits per heavy atom. The van der Waals surface area contributed by atoms with E-state index in [4.69, 9.17) is 4.43 Å². The first kappa shape index (κ1) is 11.6. The molecule has 0 fully saturated rings. The monoisotopic (exact) mass is 187 g/mol. The fourth-order valence-electron chi connectivity index (χ4n) is 1.30. The van der Waals surface area contributed by atoms with Crippen LogP contribution in [0.4, 0.5) is 0 Å². The first-order valence-corrected chi connectivity index (χ1v) is 5.15. The number of hydrogen-bond acceptors (Lipinski definition) is 3. The van der Waals surface area contributed by atoms with E-state index in [-0.39, 0.29) is 5.60 Å². The summed E-state index contributed by atoms with van der Waals surface area (Å²) < 4.78 is 5.53. The average molecular weight is 187 g/mol. The SMILES string of the molecule is CCC(CC)(CCN=C=O)O[SiH3]. The highest BCUT2D eigenvalue weighted by Gasteiger charge is 2.23. The second-order valence-corrected chi connectivity index (χ2v) is 3.23. The number of nitrogens with zero attached hydrogens (tertiary/aromatic N) is 1. The molecule has 0 aliphatic carbocycles. The second-order valence-electron chi connectivity index (χ2n) is 2.82. The summed E-state index contributed by atoms with van der Waals surface area (Å²) in [4.78, 5) is 13.4. The van der Waals surface area contributed by atoms with Crippen LogP contribution in [0.1, 0.15) is 33.1 Å². The van der Waals surface area contributed by atoms with Crippen LogP contribution < -0.4 is 0 Å². The third kappa shape index (κ3) is 3.30. The van der Waals surface area contributed by atoms with E-state index in [0.717, 1.165) is 29.7 Å². The maximum atomic E-state index is 9.83. The minimum atomic E-state index is -0.0351. The van der Waals surface area contributed by atoms with Gasteiger partial charge in [-0.25, -0.2) is 9.79 Å². The molecule has 0 aromatic rings. The smallest absolute Gasteiger partial charge is 0.234 e. The largest absolute Gasteiger partial charge is 0.422 e. The molecule has 12 heavy (non-hydrogen) atoms. The van der Waals surface area contributed by atoms with E-state index in [0.29, 0.717) is 6.54 Å². The van der Waals surface area contributed by atoms with Gasteiger partial charge in [0.05, 0.1) is 12.1 Å². The van der Waals surface area contributed by atoms with E-state index < -0.39 is 0 Å². The number of hydrogen-bond donors (Lipinski definition) is 0. The van der Waals surface area contributed by atoms with E-state index in [1.807, 2.05) is 0 Å². The highest BCUT2D eigenvalue weighted by molar-refractivity contribution is 5.98. The zero-order valence-corrected chi connectivity index (χ0v) is 10.1. The molecule has 0 aliphatic rings. The molecule has 0 spiro atoms. The van der Waals surface area contributed by atoms with Crippen LogP contribution >= 0.6 is 0 Å². The summed E-state index contributed by atoms with van der Waals surface area (Å²) in [7, 11) is 0.744. The highest BCUT2D eigenvalue weighted by Crippen LogP contribution is 2.23. The van der Waals surface area contributed by atoms with E-state index in [2.05, 4.69) is 18.8 Å². The molecule has 3 nitrogen and oxygen atoms in total. The summed E-state index contributed by atoms with van der Waals surface area (Å²) in [6, 6.07) is 0. The lowest BCUT2D eigenvalue weighted by Crippen LogP contribution is -2.31. The Balaban J connectivity index is 4.00. The molecule has 0 atom stereocenters. The number of carbonyl (C=O) groups excluding carboxylic acids is 1. The van der Waals surface area contributed by atoms with Gasteiger partial charge in [0.1, 0.15) is 10.5 Å². The van der Waals surface area contributed by atoms with Gasteiger partial charge in [0.25, 0.3) is 0 Å². The van der Waals surface area contributed by atoms with Gasteiger partial charge < -0.3 is 4.43 Å². The van der Waals surface area contributed by atoms with Crippen LogP contribution in [0.2, 0.25) is 0 Å². The molecule has 0 aromatic carbocycles. The van der Waals surface area contributed by atoms with E-state index in [9.17, 15) is 4.79 Å². The van der Waals surface area contributed by atoms with Crippen molar-refractivity contribution < 1.29 is 9.22 Å². The molecule has 70 valence electrons. The Hall–Kier alpha value is -0.443. The van der Waals surface area contributed by atoms with Crippen molar-refractivity contribution in [2.24, 2.45) is 4.99 Å². The predicted molar refractivity (Wildman–Crippen MR) is 51.9 cm³/mol. The maximum absolute atomic E-state index is 9.83. The molecule has 0 bridgehead atoms. The van der Waals surface area contributed by atoms with E-state index in [1.165, 1.54) is 0 Å². The van der Waals surface area contributed by atoms with Crippen LogP contribution in [0.25, 0.3) is 0 Å². The lowest BCUT2D eigenvalue weighted by Gasteiger charge is -2.30. The Bertz CT molecular complexity index is 154. The van der Waals surface area contributed by atoms with Crippen LogP contribution in [0.5, 0.6) is 0 Å². The van der Waals surface area contributed by atoms with Crippen molar-refractivity contribution in [3.8, 4) is 0 Å². The third-order valence-electron chi connectivity index (χ3n) is 2.47. The fourth-order valence-corrected chi connectivity index (χ4v) is 2.08. The second kappa shape index (κ2) is 6.12.